The molecule has 6 nitrogen and oxygen atoms in total. The van der Waals surface area contributed by atoms with Crippen LogP contribution in [0.25, 0.3) is 0 Å². The predicted molar refractivity (Wildman–Crippen MR) is 81.3 cm³/mol. The largest absolute Gasteiger partial charge is 0.383 e. The van der Waals surface area contributed by atoms with E-state index in [9.17, 15) is 9.90 Å². The first-order chi connectivity index (χ1) is 9.87. The van der Waals surface area contributed by atoms with Crippen molar-refractivity contribution in [1.29, 1.82) is 0 Å². The summed E-state index contributed by atoms with van der Waals surface area (Å²) in [6, 6.07) is 6.41. The molecule has 1 unspecified atom stereocenters. The number of hydrogen-bond donors (Lipinski definition) is 3. The lowest BCUT2D eigenvalue weighted by Gasteiger charge is -2.22. The van der Waals surface area contributed by atoms with Crippen LogP contribution in [0, 0.1) is 0 Å². The first-order valence-electron chi connectivity index (χ1n) is 6.39. The Bertz CT molecular complexity index is 639. The van der Waals surface area contributed by atoms with Crippen molar-refractivity contribution in [2.75, 3.05) is 11.9 Å². The Morgan fingerprint density at radius 2 is 2.29 bits per heavy atom. The van der Waals surface area contributed by atoms with E-state index in [0.29, 0.717) is 16.3 Å². The summed E-state index contributed by atoms with van der Waals surface area (Å²) < 4.78 is 1.59. The fraction of sp³-hybridized carbons (Fsp3) is 0.286. The predicted octanol–water partition coefficient (Wildman–Crippen LogP) is 2.10. The molecule has 2 rings (SSSR count). The minimum absolute atomic E-state index is 0.0606. The molecule has 3 N–H and O–H groups in total. The Balaban J connectivity index is 1.91. The molecule has 0 aliphatic carbocycles. The molecular weight excluding hydrogens is 292 g/mol. The monoisotopic (exact) mass is 308 g/mol. The third-order valence-electron chi connectivity index (χ3n) is 3.00. The number of aryl methyl sites for hydroxylation is 1. The normalized spacial score (nSPS) is 13.5. The zero-order valence-corrected chi connectivity index (χ0v) is 12.6. The third-order valence-corrected chi connectivity index (χ3v) is 3.24. The van der Waals surface area contributed by atoms with E-state index in [1.807, 2.05) is 0 Å². The van der Waals surface area contributed by atoms with Gasteiger partial charge in [-0.2, -0.15) is 5.10 Å². The zero-order valence-electron chi connectivity index (χ0n) is 11.8. The van der Waals surface area contributed by atoms with Crippen molar-refractivity contribution in [2.45, 2.75) is 12.5 Å². The number of hydrogen-bond acceptors (Lipinski definition) is 3. The highest BCUT2D eigenvalue weighted by Gasteiger charge is 2.25. The molecule has 1 atom stereocenters. The van der Waals surface area contributed by atoms with Crippen molar-refractivity contribution < 1.29 is 9.90 Å². The number of halogens is 1. The second-order valence-corrected chi connectivity index (χ2v) is 5.43. The molecule has 1 heterocycles. The Morgan fingerprint density at radius 3 is 2.90 bits per heavy atom. The highest BCUT2D eigenvalue weighted by molar-refractivity contribution is 6.30. The number of carbonyl (C=O) groups is 1. The van der Waals surface area contributed by atoms with E-state index in [-0.39, 0.29) is 6.54 Å². The number of urea groups is 1. The molecule has 0 saturated heterocycles. The van der Waals surface area contributed by atoms with Gasteiger partial charge in [0.2, 0.25) is 0 Å². The van der Waals surface area contributed by atoms with Crippen LogP contribution < -0.4 is 10.6 Å². The van der Waals surface area contributed by atoms with Crippen molar-refractivity contribution in [3.05, 3.63) is 47.2 Å². The van der Waals surface area contributed by atoms with E-state index < -0.39 is 11.6 Å². The van der Waals surface area contributed by atoms with Gasteiger partial charge in [0.15, 0.2) is 0 Å². The van der Waals surface area contributed by atoms with Crippen LogP contribution in [-0.4, -0.2) is 27.5 Å². The molecular formula is C14H17ClN4O2. The molecule has 7 heteroatoms. The molecule has 112 valence electrons. The lowest BCUT2D eigenvalue weighted by atomic mass is 10.00. The Morgan fingerprint density at radius 1 is 1.52 bits per heavy atom. The van der Waals surface area contributed by atoms with E-state index in [2.05, 4.69) is 15.7 Å². The minimum Gasteiger partial charge on any atom is -0.383 e. The Labute approximate surface area is 127 Å². The number of nitrogens with one attached hydrogen (secondary N) is 2. The average Bonchev–Trinajstić information content (AvgIpc) is 2.84. The van der Waals surface area contributed by atoms with Crippen LogP contribution in [0.1, 0.15) is 12.5 Å². The lowest BCUT2D eigenvalue weighted by molar-refractivity contribution is 0.0599. The van der Waals surface area contributed by atoms with E-state index in [1.54, 1.807) is 55.3 Å². The van der Waals surface area contributed by atoms with Gasteiger partial charge in [0, 0.05) is 29.5 Å². The summed E-state index contributed by atoms with van der Waals surface area (Å²) in [6.07, 6.45) is 3.27. The summed E-state index contributed by atoms with van der Waals surface area (Å²) in [4.78, 5) is 11.8. The molecule has 2 amide bonds. The minimum atomic E-state index is -1.19. The molecule has 0 bridgehead atoms. The van der Waals surface area contributed by atoms with Crippen LogP contribution in [0.3, 0.4) is 0 Å². The molecule has 0 fully saturated rings. The van der Waals surface area contributed by atoms with Gasteiger partial charge in [-0.15, -0.1) is 0 Å². The maximum Gasteiger partial charge on any atom is 0.319 e. The number of aromatic nitrogens is 2. The van der Waals surface area contributed by atoms with Gasteiger partial charge >= 0.3 is 6.03 Å². The smallest absolute Gasteiger partial charge is 0.319 e. The van der Waals surface area contributed by atoms with Gasteiger partial charge in [-0.25, -0.2) is 4.79 Å². The summed E-state index contributed by atoms with van der Waals surface area (Å²) in [5, 5.41) is 20.1. The van der Waals surface area contributed by atoms with Crippen LogP contribution in [0.5, 0.6) is 0 Å². The first kappa shape index (κ1) is 15.3. The SMILES string of the molecule is Cn1cc(C(C)(O)CNC(=O)Nc2cccc(Cl)c2)cn1. The molecule has 0 aliphatic heterocycles. The summed E-state index contributed by atoms with van der Waals surface area (Å²) in [5.41, 5.74) is 0.0222. The Kier molecular flexibility index (Phi) is 4.50. The topological polar surface area (TPSA) is 79.2 Å². The van der Waals surface area contributed by atoms with Crippen molar-refractivity contribution in [3.63, 3.8) is 0 Å². The lowest BCUT2D eigenvalue weighted by Crippen LogP contribution is -2.40. The highest BCUT2D eigenvalue weighted by atomic mass is 35.5. The van der Waals surface area contributed by atoms with Crippen LogP contribution in [0.2, 0.25) is 5.02 Å². The van der Waals surface area contributed by atoms with E-state index in [1.165, 1.54) is 0 Å². The van der Waals surface area contributed by atoms with Crippen LogP contribution in [-0.2, 0) is 12.6 Å². The first-order valence-corrected chi connectivity index (χ1v) is 6.76. The summed E-state index contributed by atoms with van der Waals surface area (Å²) >= 11 is 5.84. The van der Waals surface area contributed by atoms with Gasteiger partial charge in [-0.05, 0) is 25.1 Å². The van der Waals surface area contributed by atoms with Crippen LogP contribution in [0.4, 0.5) is 10.5 Å². The maximum absolute atomic E-state index is 11.8. The zero-order chi connectivity index (χ0) is 15.5. The molecule has 0 aliphatic rings. The van der Waals surface area contributed by atoms with E-state index in [4.69, 9.17) is 11.6 Å². The van der Waals surface area contributed by atoms with Gasteiger partial charge in [-0.1, -0.05) is 17.7 Å². The third kappa shape index (κ3) is 4.21. The number of rotatable bonds is 4. The fourth-order valence-corrected chi connectivity index (χ4v) is 1.99. The van der Waals surface area contributed by atoms with Gasteiger partial charge in [0.25, 0.3) is 0 Å². The van der Waals surface area contributed by atoms with Gasteiger partial charge in [-0.3, -0.25) is 4.68 Å². The molecule has 0 saturated carbocycles. The molecule has 0 spiro atoms. The summed E-state index contributed by atoms with van der Waals surface area (Å²) in [5.74, 6) is 0. The van der Waals surface area contributed by atoms with Crippen molar-refractivity contribution in [2.24, 2.45) is 7.05 Å². The second kappa shape index (κ2) is 6.15. The molecule has 1 aromatic heterocycles. The molecule has 1 aromatic carbocycles. The Hall–Kier alpha value is -2.05. The van der Waals surface area contributed by atoms with Crippen molar-refractivity contribution in [1.82, 2.24) is 15.1 Å². The number of benzene rings is 1. The highest BCUT2D eigenvalue weighted by Crippen LogP contribution is 2.19. The quantitative estimate of drug-likeness (QED) is 0.809. The van der Waals surface area contributed by atoms with Crippen molar-refractivity contribution >= 4 is 23.3 Å². The number of anilines is 1. The second-order valence-electron chi connectivity index (χ2n) is 4.99. The molecule has 0 radical (unpaired) electrons. The van der Waals surface area contributed by atoms with Gasteiger partial charge in [0.05, 0.1) is 12.7 Å². The van der Waals surface area contributed by atoms with Crippen molar-refractivity contribution in [3.8, 4) is 0 Å². The van der Waals surface area contributed by atoms with Gasteiger partial charge < -0.3 is 15.7 Å². The van der Waals surface area contributed by atoms with Crippen LogP contribution >= 0.6 is 11.6 Å². The fourth-order valence-electron chi connectivity index (χ4n) is 1.80. The van der Waals surface area contributed by atoms with Crippen LogP contribution in [0.15, 0.2) is 36.7 Å². The number of amides is 2. The number of nitrogens with zero attached hydrogens (tertiary/aromatic N) is 2. The van der Waals surface area contributed by atoms with E-state index in [0.717, 1.165) is 0 Å². The molecule has 2 aromatic rings. The summed E-state index contributed by atoms with van der Waals surface area (Å²) in [6.45, 7) is 1.68. The summed E-state index contributed by atoms with van der Waals surface area (Å²) in [7, 11) is 1.76. The molecule has 21 heavy (non-hydrogen) atoms. The standard InChI is InChI=1S/C14H17ClN4O2/c1-14(21,10-7-17-19(2)8-10)9-16-13(20)18-12-5-3-4-11(15)6-12/h3-8,21H,9H2,1-2H3,(H2,16,18,20). The maximum atomic E-state index is 11.8. The number of carbonyl (C=O) groups excluding carboxylic acids is 1. The average molecular weight is 309 g/mol. The van der Waals surface area contributed by atoms with Gasteiger partial charge in [0.1, 0.15) is 5.60 Å². The van der Waals surface area contributed by atoms with E-state index >= 15 is 0 Å². The number of aliphatic hydroxyl groups is 1.